The lowest BCUT2D eigenvalue weighted by atomic mass is 10.1. The predicted molar refractivity (Wildman–Crippen MR) is 121 cm³/mol. The van der Waals surface area contributed by atoms with Gasteiger partial charge in [-0.15, -0.1) is 0 Å². The van der Waals surface area contributed by atoms with Crippen LogP contribution in [0.3, 0.4) is 0 Å². The molecule has 0 aliphatic rings. The lowest BCUT2D eigenvalue weighted by Crippen LogP contribution is -2.20. The van der Waals surface area contributed by atoms with Crippen LogP contribution in [0.5, 0.6) is 23.0 Å². The minimum absolute atomic E-state index is 0.0500. The summed E-state index contributed by atoms with van der Waals surface area (Å²) in [7, 11) is 1.64. The fourth-order valence-corrected chi connectivity index (χ4v) is 3.19. The molecule has 0 aliphatic carbocycles. The van der Waals surface area contributed by atoms with Crippen LogP contribution < -0.4 is 19.8 Å². The second-order valence-electron chi connectivity index (χ2n) is 7.15. The fraction of sp³-hybridized carbons (Fsp3) is 0.458. The van der Waals surface area contributed by atoms with Gasteiger partial charge in [0.15, 0.2) is 5.75 Å². The topological polar surface area (TPSA) is 69.9 Å². The zero-order chi connectivity index (χ0) is 21.9. The highest BCUT2D eigenvalue weighted by Gasteiger charge is 2.21. The van der Waals surface area contributed by atoms with E-state index in [9.17, 15) is 9.90 Å². The summed E-state index contributed by atoms with van der Waals surface area (Å²) in [5.74, 6) is 0.611. The standard InChI is InChI=1S/C24H33NO5/c1-5-8-9-10-11-12-15-30-23-22(26)21-19(25(4)24(23)27)16-18(28-13-6-2)17-20(21)29-14-7-3/h6-7,13-14,16-17,26H,5,8-12,15H2,1-4H3/b13-6-,14-7-. The van der Waals surface area contributed by atoms with Gasteiger partial charge in [0.25, 0.3) is 5.56 Å². The van der Waals surface area contributed by atoms with Gasteiger partial charge < -0.3 is 23.9 Å². The molecule has 0 unspecified atom stereocenters. The monoisotopic (exact) mass is 415 g/mol. The molecule has 2 aromatic rings. The molecule has 1 aromatic heterocycles. The number of rotatable bonds is 12. The minimum atomic E-state index is -0.397. The lowest BCUT2D eigenvalue weighted by Gasteiger charge is -2.16. The van der Waals surface area contributed by atoms with E-state index in [1.807, 2.05) is 13.8 Å². The first-order chi connectivity index (χ1) is 14.5. The Bertz CT molecular complexity index is 943. The molecule has 2 rings (SSSR count). The van der Waals surface area contributed by atoms with E-state index in [1.54, 1.807) is 31.3 Å². The Morgan fingerprint density at radius 3 is 2.37 bits per heavy atom. The van der Waals surface area contributed by atoms with E-state index in [0.717, 1.165) is 19.3 Å². The maximum absolute atomic E-state index is 12.8. The van der Waals surface area contributed by atoms with Crippen LogP contribution in [-0.2, 0) is 7.05 Å². The molecular weight excluding hydrogens is 382 g/mol. The molecule has 0 saturated carbocycles. The van der Waals surface area contributed by atoms with Gasteiger partial charge in [-0.25, -0.2) is 0 Å². The van der Waals surface area contributed by atoms with Crippen molar-refractivity contribution < 1.29 is 19.3 Å². The van der Waals surface area contributed by atoms with Gasteiger partial charge in [-0.1, -0.05) is 51.2 Å². The third-order valence-corrected chi connectivity index (χ3v) is 4.78. The Balaban J connectivity index is 2.37. The van der Waals surface area contributed by atoms with Crippen molar-refractivity contribution in [1.82, 2.24) is 4.57 Å². The van der Waals surface area contributed by atoms with Crippen LogP contribution in [0.25, 0.3) is 10.9 Å². The number of aromatic hydroxyl groups is 1. The molecule has 164 valence electrons. The van der Waals surface area contributed by atoms with Gasteiger partial charge >= 0.3 is 0 Å². The first kappa shape index (κ1) is 23.4. The number of ether oxygens (including phenoxy) is 3. The molecule has 6 heteroatoms. The van der Waals surface area contributed by atoms with E-state index in [2.05, 4.69) is 6.92 Å². The van der Waals surface area contributed by atoms with Gasteiger partial charge in [0.05, 0.1) is 30.0 Å². The summed E-state index contributed by atoms with van der Waals surface area (Å²) in [6.45, 7) is 6.24. The second-order valence-corrected chi connectivity index (χ2v) is 7.15. The summed E-state index contributed by atoms with van der Waals surface area (Å²) >= 11 is 0. The molecular formula is C24H33NO5. The lowest BCUT2D eigenvalue weighted by molar-refractivity contribution is 0.284. The first-order valence-electron chi connectivity index (χ1n) is 10.6. The molecule has 0 saturated heterocycles. The zero-order valence-electron chi connectivity index (χ0n) is 18.4. The molecule has 0 aliphatic heterocycles. The maximum atomic E-state index is 12.8. The van der Waals surface area contributed by atoms with Crippen molar-refractivity contribution in [2.24, 2.45) is 7.05 Å². The van der Waals surface area contributed by atoms with E-state index in [4.69, 9.17) is 14.2 Å². The molecule has 6 nitrogen and oxygen atoms in total. The highest BCUT2D eigenvalue weighted by atomic mass is 16.5. The number of aromatic nitrogens is 1. The number of hydrogen-bond acceptors (Lipinski definition) is 5. The van der Waals surface area contributed by atoms with Gasteiger partial charge in [-0.3, -0.25) is 4.79 Å². The van der Waals surface area contributed by atoms with E-state index in [1.165, 1.54) is 36.4 Å². The maximum Gasteiger partial charge on any atom is 0.297 e. The van der Waals surface area contributed by atoms with Gasteiger partial charge in [0.1, 0.15) is 11.5 Å². The number of fused-ring (bicyclic) bond motifs is 1. The Morgan fingerprint density at radius 2 is 1.67 bits per heavy atom. The summed E-state index contributed by atoms with van der Waals surface area (Å²) in [4.78, 5) is 12.8. The number of allylic oxidation sites excluding steroid dienone is 2. The SMILES string of the molecule is C/C=C\Oc1cc(O/C=C\C)c2c(O)c(OCCCCCCCC)c(=O)n(C)c2c1. The highest BCUT2D eigenvalue weighted by Crippen LogP contribution is 2.40. The van der Waals surface area contributed by atoms with Crippen LogP contribution in [-0.4, -0.2) is 16.3 Å². The molecule has 1 aromatic carbocycles. The average molecular weight is 416 g/mol. The molecule has 0 fully saturated rings. The Kier molecular flexibility index (Phi) is 9.32. The molecule has 1 N–H and O–H groups in total. The summed E-state index contributed by atoms with van der Waals surface area (Å²) in [6.07, 6.45) is 13.2. The third kappa shape index (κ3) is 5.81. The molecule has 0 atom stereocenters. The van der Waals surface area contributed by atoms with Crippen LogP contribution in [0, 0.1) is 0 Å². The first-order valence-corrected chi connectivity index (χ1v) is 10.6. The number of hydrogen-bond donors (Lipinski definition) is 1. The Labute approximate surface area is 178 Å². The number of pyridine rings is 1. The zero-order valence-corrected chi connectivity index (χ0v) is 18.4. The summed E-state index contributed by atoms with van der Waals surface area (Å²) in [6, 6.07) is 3.36. The molecule has 0 amide bonds. The summed E-state index contributed by atoms with van der Waals surface area (Å²) < 4.78 is 18.4. The fourth-order valence-electron chi connectivity index (χ4n) is 3.19. The number of unbranched alkanes of at least 4 members (excludes halogenated alkanes) is 5. The van der Waals surface area contributed by atoms with Gasteiger partial charge in [-0.05, 0) is 20.3 Å². The van der Waals surface area contributed by atoms with Crippen LogP contribution in [0.2, 0.25) is 0 Å². The van der Waals surface area contributed by atoms with Crippen molar-refractivity contribution in [3.8, 4) is 23.0 Å². The van der Waals surface area contributed by atoms with Crippen molar-refractivity contribution in [3.63, 3.8) is 0 Å². The van der Waals surface area contributed by atoms with E-state index in [-0.39, 0.29) is 11.5 Å². The van der Waals surface area contributed by atoms with Crippen molar-refractivity contribution in [1.29, 1.82) is 0 Å². The number of benzene rings is 1. The molecule has 0 radical (unpaired) electrons. The van der Waals surface area contributed by atoms with E-state index in [0.29, 0.717) is 29.0 Å². The van der Waals surface area contributed by atoms with Crippen molar-refractivity contribution in [2.75, 3.05) is 6.61 Å². The smallest absolute Gasteiger partial charge is 0.297 e. The van der Waals surface area contributed by atoms with Crippen LogP contribution in [0.1, 0.15) is 59.3 Å². The van der Waals surface area contributed by atoms with Crippen LogP contribution >= 0.6 is 0 Å². The molecule has 0 spiro atoms. The predicted octanol–water partition coefficient (Wildman–Crippen LogP) is 5.81. The molecule has 0 bridgehead atoms. The largest absolute Gasteiger partial charge is 0.504 e. The van der Waals surface area contributed by atoms with Crippen LogP contribution in [0.4, 0.5) is 0 Å². The number of aryl methyl sites for hydroxylation is 1. The average Bonchev–Trinajstić information content (AvgIpc) is 2.75. The Hall–Kier alpha value is -2.89. The van der Waals surface area contributed by atoms with Gasteiger partial charge in [0.2, 0.25) is 5.75 Å². The second kappa shape index (κ2) is 12.0. The third-order valence-electron chi connectivity index (χ3n) is 4.78. The summed E-state index contributed by atoms with van der Waals surface area (Å²) in [5.41, 5.74) is 0.0945. The van der Waals surface area contributed by atoms with E-state index >= 15 is 0 Å². The Morgan fingerprint density at radius 1 is 1.00 bits per heavy atom. The summed E-state index contributed by atoms with van der Waals surface area (Å²) in [5, 5.41) is 11.3. The van der Waals surface area contributed by atoms with Gasteiger partial charge in [0, 0.05) is 19.2 Å². The van der Waals surface area contributed by atoms with Gasteiger partial charge in [-0.2, -0.15) is 0 Å². The quantitative estimate of drug-likeness (QED) is 0.350. The normalized spacial score (nSPS) is 11.6. The number of nitrogens with zero attached hydrogens (tertiary/aromatic N) is 1. The van der Waals surface area contributed by atoms with Crippen molar-refractivity contribution in [2.45, 2.75) is 59.3 Å². The van der Waals surface area contributed by atoms with E-state index < -0.39 is 5.56 Å². The molecule has 30 heavy (non-hydrogen) atoms. The minimum Gasteiger partial charge on any atom is -0.504 e. The highest BCUT2D eigenvalue weighted by molar-refractivity contribution is 5.94. The van der Waals surface area contributed by atoms with Crippen molar-refractivity contribution in [3.05, 3.63) is 47.2 Å². The molecule has 1 heterocycles. The van der Waals surface area contributed by atoms with Crippen molar-refractivity contribution >= 4 is 10.9 Å². The van der Waals surface area contributed by atoms with Crippen LogP contribution in [0.15, 0.2) is 41.6 Å².